The highest BCUT2D eigenvalue weighted by Crippen LogP contribution is 2.28. The number of hydrogen-bond donors (Lipinski definition) is 1. The van der Waals surface area contributed by atoms with Crippen LogP contribution in [0.1, 0.15) is 42.5 Å². The number of carbonyl (C=O) groups is 1. The molecular formula is C24H30O3. The van der Waals surface area contributed by atoms with Crippen molar-refractivity contribution in [2.75, 3.05) is 13.2 Å². The molecule has 0 aliphatic carbocycles. The fourth-order valence-electron chi connectivity index (χ4n) is 3.21. The summed E-state index contributed by atoms with van der Waals surface area (Å²) in [6.45, 7) is 10.1. The Morgan fingerprint density at radius 3 is 2.52 bits per heavy atom. The second-order valence-electron chi connectivity index (χ2n) is 6.99. The minimum absolute atomic E-state index is 0.170. The largest absolute Gasteiger partial charge is 0.462 e. The van der Waals surface area contributed by atoms with Gasteiger partial charge in [0.05, 0.1) is 6.61 Å². The molecule has 0 spiro atoms. The Balaban J connectivity index is 2.30. The van der Waals surface area contributed by atoms with Crippen LogP contribution in [0, 0.1) is 6.92 Å². The Kier molecular flexibility index (Phi) is 7.81. The van der Waals surface area contributed by atoms with Crippen molar-refractivity contribution in [3.8, 4) is 11.1 Å². The maximum absolute atomic E-state index is 11.6. The molecule has 2 aromatic rings. The SMILES string of the molecule is C=C(C)C(=O)OCCc1cc(-c2ccc(C)cc2CC)ccc1CCCO. The van der Waals surface area contributed by atoms with E-state index in [0.29, 0.717) is 18.6 Å². The summed E-state index contributed by atoms with van der Waals surface area (Å²) in [5.74, 6) is -0.352. The highest BCUT2D eigenvalue weighted by molar-refractivity contribution is 5.86. The van der Waals surface area contributed by atoms with Gasteiger partial charge in [-0.1, -0.05) is 55.5 Å². The van der Waals surface area contributed by atoms with Crippen LogP contribution in [0.5, 0.6) is 0 Å². The number of ether oxygens (including phenoxy) is 1. The lowest BCUT2D eigenvalue weighted by Gasteiger charge is -2.15. The van der Waals surface area contributed by atoms with Crippen molar-refractivity contribution in [1.29, 1.82) is 0 Å². The number of aliphatic hydroxyl groups excluding tert-OH is 1. The smallest absolute Gasteiger partial charge is 0.333 e. The first-order valence-electron chi connectivity index (χ1n) is 9.61. The summed E-state index contributed by atoms with van der Waals surface area (Å²) in [6, 6.07) is 13.1. The van der Waals surface area contributed by atoms with Gasteiger partial charge < -0.3 is 9.84 Å². The third-order valence-corrected chi connectivity index (χ3v) is 4.72. The van der Waals surface area contributed by atoms with Crippen LogP contribution in [0.3, 0.4) is 0 Å². The molecule has 0 saturated heterocycles. The molecule has 3 nitrogen and oxygen atoms in total. The molecular weight excluding hydrogens is 336 g/mol. The van der Waals surface area contributed by atoms with Crippen molar-refractivity contribution < 1.29 is 14.6 Å². The number of aliphatic hydroxyl groups is 1. The molecule has 0 saturated carbocycles. The topological polar surface area (TPSA) is 46.5 Å². The Morgan fingerprint density at radius 1 is 1.07 bits per heavy atom. The van der Waals surface area contributed by atoms with Gasteiger partial charge in [-0.05, 0) is 60.9 Å². The summed E-state index contributed by atoms with van der Waals surface area (Å²) in [5.41, 5.74) is 7.80. The van der Waals surface area contributed by atoms with Crippen molar-refractivity contribution in [1.82, 2.24) is 0 Å². The third-order valence-electron chi connectivity index (χ3n) is 4.72. The second kappa shape index (κ2) is 10.1. The number of esters is 1. The van der Waals surface area contributed by atoms with Crippen LogP contribution in [-0.2, 0) is 28.8 Å². The lowest BCUT2D eigenvalue weighted by Crippen LogP contribution is -2.09. The summed E-state index contributed by atoms with van der Waals surface area (Å²) in [4.78, 5) is 11.6. The van der Waals surface area contributed by atoms with Gasteiger partial charge in [0.2, 0.25) is 0 Å². The Hall–Kier alpha value is -2.39. The molecule has 0 heterocycles. The van der Waals surface area contributed by atoms with Crippen LogP contribution < -0.4 is 0 Å². The predicted octanol–water partition coefficient (Wildman–Crippen LogP) is 4.81. The van der Waals surface area contributed by atoms with E-state index in [0.717, 1.165) is 24.8 Å². The van der Waals surface area contributed by atoms with Crippen molar-refractivity contribution in [3.05, 3.63) is 70.8 Å². The average Bonchev–Trinajstić information content (AvgIpc) is 2.66. The van der Waals surface area contributed by atoms with E-state index in [9.17, 15) is 9.90 Å². The molecule has 0 aliphatic rings. The molecule has 1 N–H and O–H groups in total. The van der Waals surface area contributed by atoms with Gasteiger partial charge in [0.25, 0.3) is 0 Å². The molecule has 0 bridgehead atoms. The van der Waals surface area contributed by atoms with Crippen LogP contribution in [0.25, 0.3) is 11.1 Å². The van der Waals surface area contributed by atoms with Gasteiger partial charge in [-0.25, -0.2) is 4.79 Å². The first kappa shape index (κ1) is 20.9. The van der Waals surface area contributed by atoms with E-state index in [1.807, 2.05) is 0 Å². The minimum Gasteiger partial charge on any atom is -0.462 e. The highest BCUT2D eigenvalue weighted by Gasteiger charge is 2.10. The van der Waals surface area contributed by atoms with Crippen LogP contribution in [0.2, 0.25) is 0 Å². The van der Waals surface area contributed by atoms with Crippen LogP contribution in [0.15, 0.2) is 48.6 Å². The standard InChI is InChI=1S/C24H30O3/c1-5-19-15-18(4)8-11-23(19)22-10-9-20(7-6-13-25)21(16-22)12-14-27-24(26)17(2)3/h8-11,15-16,25H,2,5-7,12-14H2,1,3-4H3. The van der Waals surface area contributed by atoms with E-state index in [2.05, 4.69) is 56.8 Å². The minimum atomic E-state index is -0.352. The van der Waals surface area contributed by atoms with Crippen molar-refractivity contribution in [2.45, 2.75) is 46.5 Å². The number of benzene rings is 2. The first-order valence-corrected chi connectivity index (χ1v) is 9.61. The van der Waals surface area contributed by atoms with Crippen LogP contribution >= 0.6 is 0 Å². The number of hydrogen-bond acceptors (Lipinski definition) is 3. The van der Waals surface area contributed by atoms with Crippen molar-refractivity contribution in [3.63, 3.8) is 0 Å². The van der Waals surface area contributed by atoms with Gasteiger partial charge in [0, 0.05) is 18.6 Å². The molecule has 0 amide bonds. The molecule has 0 aromatic heterocycles. The lowest BCUT2D eigenvalue weighted by atomic mass is 9.91. The molecule has 2 aromatic carbocycles. The number of aryl methyl sites for hydroxylation is 3. The molecule has 2 rings (SSSR count). The van der Waals surface area contributed by atoms with Crippen LogP contribution in [-0.4, -0.2) is 24.3 Å². The summed E-state index contributed by atoms with van der Waals surface area (Å²) in [7, 11) is 0. The number of rotatable bonds is 9. The summed E-state index contributed by atoms with van der Waals surface area (Å²) in [5, 5.41) is 9.18. The molecule has 0 radical (unpaired) electrons. The van der Waals surface area contributed by atoms with Gasteiger partial charge in [0.1, 0.15) is 0 Å². The zero-order chi connectivity index (χ0) is 19.8. The van der Waals surface area contributed by atoms with Crippen LogP contribution in [0.4, 0.5) is 0 Å². The number of carbonyl (C=O) groups excluding carboxylic acids is 1. The molecule has 0 fully saturated rings. The second-order valence-corrected chi connectivity index (χ2v) is 6.99. The van der Waals surface area contributed by atoms with E-state index in [1.165, 1.54) is 27.8 Å². The summed E-state index contributed by atoms with van der Waals surface area (Å²) >= 11 is 0. The van der Waals surface area contributed by atoms with E-state index in [-0.39, 0.29) is 12.6 Å². The monoisotopic (exact) mass is 366 g/mol. The Labute approximate surface area is 162 Å². The normalized spacial score (nSPS) is 10.7. The van der Waals surface area contributed by atoms with E-state index in [4.69, 9.17) is 4.74 Å². The molecule has 27 heavy (non-hydrogen) atoms. The lowest BCUT2D eigenvalue weighted by molar-refractivity contribution is -0.138. The van der Waals surface area contributed by atoms with E-state index >= 15 is 0 Å². The molecule has 0 atom stereocenters. The van der Waals surface area contributed by atoms with Gasteiger partial charge in [0.15, 0.2) is 0 Å². The predicted molar refractivity (Wildman–Crippen MR) is 111 cm³/mol. The zero-order valence-corrected chi connectivity index (χ0v) is 16.7. The fourth-order valence-corrected chi connectivity index (χ4v) is 3.21. The maximum Gasteiger partial charge on any atom is 0.333 e. The van der Waals surface area contributed by atoms with Crippen molar-refractivity contribution in [2.24, 2.45) is 0 Å². The summed E-state index contributed by atoms with van der Waals surface area (Å²) in [6.07, 6.45) is 3.17. The van der Waals surface area contributed by atoms with Gasteiger partial charge in [-0.3, -0.25) is 0 Å². The maximum atomic E-state index is 11.6. The average molecular weight is 367 g/mol. The summed E-state index contributed by atoms with van der Waals surface area (Å²) < 4.78 is 5.29. The quantitative estimate of drug-likeness (QED) is 0.512. The van der Waals surface area contributed by atoms with Gasteiger partial charge in [-0.15, -0.1) is 0 Å². The molecule has 3 heteroatoms. The first-order chi connectivity index (χ1) is 13.0. The molecule has 0 unspecified atom stereocenters. The zero-order valence-electron chi connectivity index (χ0n) is 16.7. The van der Waals surface area contributed by atoms with Gasteiger partial charge >= 0.3 is 5.97 Å². The fraction of sp³-hybridized carbons (Fsp3) is 0.375. The van der Waals surface area contributed by atoms with E-state index < -0.39 is 0 Å². The third kappa shape index (κ3) is 5.80. The molecule has 0 aliphatic heterocycles. The van der Waals surface area contributed by atoms with Crippen molar-refractivity contribution >= 4 is 5.97 Å². The highest BCUT2D eigenvalue weighted by atomic mass is 16.5. The molecule has 144 valence electrons. The Bertz CT molecular complexity index is 805. The van der Waals surface area contributed by atoms with Gasteiger partial charge in [-0.2, -0.15) is 0 Å². The van der Waals surface area contributed by atoms with E-state index in [1.54, 1.807) is 6.92 Å². The Morgan fingerprint density at radius 2 is 1.85 bits per heavy atom.